The molecular weight excluding hydrogens is 382 g/mol. The van der Waals surface area contributed by atoms with E-state index in [9.17, 15) is 9.59 Å². The van der Waals surface area contributed by atoms with E-state index < -0.39 is 5.92 Å². The monoisotopic (exact) mass is 399 g/mol. The van der Waals surface area contributed by atoms with Gasteiger partial charge in [0.2, 0.25) is 11.7 Å². The molecule has 0 saturated carbocycles. The van der Waals surface area contributed by atoms with E-state index >= 15 is 0 Å². The van der Waals surface area contributed by atoms with Crippen LogP contribution in [0.15, 0.2) is 66.6 Å². The van der Waals surface area contributed by atoms with E-state index in [4.69, 9.17) is 14.2 Å². The Balaban J connectivity index is 1.63. The third-order valence-electron chi connectivity index (χ3n) is 5.26. The summed E-state index contributed by atoms with van der Waals surface area (Å²) < 4.78 is 16.9. The van der Waals surface area contributed by atoms with Crippen LogP contribution < -0.4 is 9.47 Å². The first-order valence-corrected chi connectivity index (χ1v) is 9.51. The smallest absolute Gasteiger partial charge is 0.306 e. The van der Waals surface area contributed by atoms with Gasteiger partial charge < -0.3 is 14.2 Å². The largest absolute Gasteiger partial charge is 0.469 e. The Morgan fingerprint density at radius 1 is 1.10 bits per heavy atom. The summed E-state index contributed by atoms with van der Waals surface area (Å²) in [4.78, 5) is 29.4. The summed E-state index contributed by atoms with van der Waals surface area (Å²) >= 11 is 0. The standard InChI is InChI=1S/C24H17NO5/c1-28-20(26)13-17-15-8-5-11-25-24(15)30-18-10-9-16-22(27)19(29-23(16)21(17)18)12-14-6-3-2-4-7-14/h2-12,17H,13H2,1H3/b19-12-. The summed E-state index contributed by atoms with van der Waals surface area (Å²) in [6.07, 6.45) is 3.42. The molecule has 3 heterocycles. The van der Waals surface area contributed by atoms with Gasteiger partial charge in [0.1, 0.15) is 11.5 Å². The number of carbonyl (C=O) groups is 2. The molecule has 0 bridgehead atoms. The molecule has 0 radical (unpaired) electrons. The molecule has 2 aliphatic heterocycles. The molecule has 5 rings (SSSR count). The number of fused-ring (bicyclic) bond motifs is 4. The molecule has 6 heteroatoms. The molecular formula is C24H17NO5. The van der Waals surface area contributed by atoms with Crippen molar-refractivity contribution < 1.29 is 23.8 Å². The quantitative estimate of drug-likeness (QED) is 0.477. The molecule has 1 aromatic heterocycles. The normalized spacial score (nSPS) is 17.4. The number of nitrogens with zero attached hydrogens (tertiary/aromatic N) is 1. The van der Waals surface area contributed by atoms with Crippen molar-refractivity contribution in [2.45, 2.75) is 12.3 Å². The highest BCUT2D eigenvalue weighted by molar-refractivity contribution is 6.15. The molecule has 0 aliphatic carbocycles. The van der Waals surface area contributed by atoms with Crippen LogP contribution in [-0.2, 0) is 9.53 Å². The molecule has 1 atom stereocenters. The summed E-state index contributed by atoms with van der Waals surface area (Å²) in [6.45, 7) is 0. The van der Waals surface area contributed by atoms with Gasteiger partial charge in [-0.25, -0.2) is 4.98 Å². The molecule has 0 amide bonds. The maximum absolute atomic E-state index is 13.0. The van der Waals surface area contributed by atoms with Gasteiger partial charge in [0.25, 0.3) is 0 Å². The molecule has 6 nitrogen and oxygen atoms in total. The lowest BCUT2D eigenvalue weighted by atomic mass is 9.85. The lowest BCUT2D eigenvalue weighted by Gasteiger charge is -2.27. The molecule has 0 N–H and O–H groups in total. The fourth-order valence-corrected chi connectivity index (χ4v) is 3.85. The maximum atomic E-state index is 13.0. The van der Waals surface area contributed by atoms with E-state index in [1.165, 1.54) is 7.11 Å². The first-order chi connectivity index (χ1) is 14.7. The lowest BCUT2D eigenvalue weighted by Crippen LogP contribution is -2.16. The van der Waals surface area contributed by atoms with E-state index in [0.717, 1.165) is 11.1 Å². The minimum absolute atomic E-state index is 0.0806. The number of rotatable bonds is 3. The second kappa shape index (κ2) is 7.15. The Kier molecular flexibility index (Phi) is 4.32. The van der Waals surface area contributed by atoms with Crippen molar-refractivity contribution >= 4 is 17.8 Å². The SMILES string of the molecule is COC(=O)CC1c2cccnc2Oc2ccc3c(c21)O/C(=C\c1ccccc1)C3=O. The van der Waals surface area contributed by atoms with Gasteiger partial charge in [-0.1, -0.05) is 36.4 Å². The first kappa shape index (κ1) is 18.1. The number of hydrogen-bond acceptors (Lipinski definition) is 6. The zero-order valence-electron chi connectivity index (χ0n) is 16.1. The average molecular weight is 399 g/mol. The summed E-state index contributed by atoms with van der Waals surface area (Å²) in [5, 5.41) is 0. The van der Waals surface area contributed by atoms with Crippen molar-refractivity contribution in [3.8, 4) is 17.4 Å². The molecule has 2 aromatic carbocycles. The van der Waals surface area contributed by atoms with Crippen molar-refractivity contribution in [1.82, 2.24) is 4.98 Å². The number of ether oxygens (including phenoxy) is 3. The Hall–Kier alpha value is -3.93. The first-order valence-electron chi connectivity index (χ1n) is 9.51. The highest BCUT2D eigenvalue weighted by Gasteiger charge is 2.39. The van der Waals surface area contributed by atoms with E-state index in [2.05, 4.69) is 4.98 Å². The predicted octanol–water partition coefficient (Wildman–Crippen LogP) is 4.50. The fourth-order valence-electron chi connectivity index (χ4n) is 3.85. The number of ketones is 1. The second-order valence-electron chi connectivity index (χ2n) is 7.04. The number of aromatic nitrogens is 1. The number of carbonyl (C=O) groups excluding carboxylic acids is 2. The number of pyridine rings is 1. The predicted molar refractivity (Wildman–Crippen MR) is 109 cm³/mol. The number of methoxy groups -OCH3 is 1. The van der Waals surface area contributed by atoms with E-state index in [0.29, 0.717) is 28.5 Å². The zero-order chi connectivity index (χ0) is 20.7. The van der Waals surface area contributed by atoms with Gasteiger partial charge in [-0.05, 0) is 29.8 Å². The van der Waals surface area contributed by atoms with E-state index in [-0.39, 0.29) is 23.9 Å². The molecule has 3 aromatic rings. The average Bonchev–Trinajstić information content (AvgIpc) is 3.09. The number of benzene rings is 2. The van der Waals surface area contributed by atoms with Gasteiger partial charge in [0, 0.05) is 23.2 Å². The van der Waals surface area contributed by atoms with Crippen LogP contribution in [0.5, 0.6) is 17.4 Å². The van der Waals surface area contributed by atoms with Crippen LogP contribution in [0.1, 0.15) is 39.4 Å². The lowest BCUT2D eigenvalue weighted by molar-refractivity contribution is -0.140. The van der Waals surface area contributed by atoms with Crippen LogP contribution in [0, 0.1) is 0 Å². The van der Waals surface area contributed by atoms with Gasteiger partial charge in [-0.2, -0.15) is 0 Å². The van der Waals surface area contributed by atoms with Crippen molar-refractivity contribution in [3.63, 3.8) is 0 Å². The van der Waals surface area contributed by atoms with Gasteiger partial charge in [-0.15, -0.1) is 0 Å². The summed E-state index contributed by atoms with van der Waals surface area (Å²) in [5.41, 5.74) is 2.71. The Morgan fingerprint density at radius 2 is 1.93 bits per heavy atom. The Labute approximate surface area is 172 Å². The van der Waals surface area contributed by atoms with Crippen LogP contribution >= 0.6 is 0 Å². The molecule has 2 aliphatic rings. The maximum Gasteiger partial charge on any atom is 0.306 e. The van der Waals surface area contributed by atoms with Crippen molar-refractivity contribution in [2.24, 2.45) is 0 Å². The molecule has 0 fully saturated rings. The third kappa shape index (κ3) is 2.93. The minimum atomic E-state index is -0.399. The number of esters is 1. The van der Waals surface area contributed by atoms with Gasteiger partial charge in [0.05, 0.1) is 19.1 Å². The zero-order valence-corrected chi connectivity index (χ0v) is 16.1. The van der Waals surface area contributed by atoms with E-state index in [1.54, 1.807) is 30.5 Å². The summed E-state index contributed by atoms with van der Waals surface area (Å²) in [6, 6.07) is 16.5. The second-order valence-corrected chi connectivity index (χ2v) is 7.04. The van der Waals surface area contributed by atoms with Crippen LogP contribution in [-0.4, -0.2) is 23.8 Å². The minimum Gasteiger partial charge on any atom is -0.469 e. The number of allylic oxidation sites excluding steroid dienone is 1. The number of hydrogen-bond donors (Lipinski definition) is 0. The molecule has 0 saturated heterocycles. The topological polar surface area (TPSA) is 74.7 Å². The van der Waals surface area contributed by atoms with Crippen molar-refractivity contribution in [2.75, 3.05) is 7.11 Å². The van der Waals surface area contributed by atoms with Crippen LogP contribution in [0.25, 0.3) is 6.08 Å². The van der Waals surface area contributed by atoms with Gasteiger partial charge >= 0.3 is 5.97 Å². The Morgan fingerprint density at radius 3 is 2.73 bits per heavy atom. The van der Waals surface area contributed by atoms with Crippen molar-refractivity contribution in [1.29, 1.82) is 0 Å². The molecule has 30 heavy (non-hydrogen) atoms. The van der Waals surface area contributed by atoms with E-state index in [1.807, 2.05) is 36.4 Å². The van der Waals surface area contributed by atoms with Gasteiger partial charge in [0.15, 0.2) is 5.76 Å². The fraction of sp³-hybridized carbons (Fsp3) is 0.125. The van der Waals surface area contributed by atoms with Crippen LogP contribution in [0.3, 0.4) is 0 Å². The highest BCUT2D eigenvalue weighted by Crippen LogP contribution is 2.52. The summed E-state index contributed by atoms with van der Waals surface area (Å²) in [7, 11) is 1.35. The van der Waals surface area contributed by atoms with Crippen molar-refractivity contribution in [3.05, 3.63) is 88.8 Å². The number of Topliss-reactive ketones (excluding diaryl/α,β-unsaturated/α-hetero) is 1. The molecule has 148 valence electrons. The van der Waals surface area contributed by atoms with Crippen LogP contribution in [0.2, 0.25) is 0 Å². The Bertz CT molecular complexity index is 1200. The molecule has 1 unspecified atom stereocenters. The summed E-state index contributed by atoms with van der Waals surface area (Å²) in [5.74, 6) is 0.631. The van der Waals surface area contributed by atoms with Gasteiger partial charge in [-0.3, -0.25) is 9.59 Å². The van der Waals surface area contributed by atoms with Crippen LogP contribution in [0.4, 0.5) is 0 Å². The highest BCUT2D eigenvalue weighted by atomic mass is 16.5. The molecule has 0 spiro atoms. The third-order valence-corrected chi connectivity index (χ3v) is 5.26.